The number of piperidine rings is 1. The van der Waals surface area contributed by atoms with Crippen molar-refractivity contribution in [3.8, 4) is 12.3 Å². The Bertz CT molecular complexity index is 369. The van der Waals surface area contributed by atoms with Gasteiger partial charge in [-0.25, -0.2) is 0 Å². The van der Waals surface area contributed by atoms with E-state index in [1.54, 1.807) is 0 Å². The first-order chi connectivity index (χ1) is 8.40. The van der Waals surface area contributed by atoms with Crippen LogP contribution in [0.1, 0.15) is 24.8 Å². The number of hydrogen-bond acceptors (Lipinski definition) is 2. The first-order valence-corrected chi connectivity index (χ1v) is 6.38. The summed E-state index contributed by atoms with van der Waals surface area (Å²) >= 11 is 0. The molecule has 2 nitrogen and oxygen atoms in total. The van der Waals surface area contributed by atoms with Crippen LogP contribution in [0, 0.1) is 12.3 Å². The standard InChI is InChI=1S/C15H20N2/c1-2-10-16-13-14-6-8-15(9-7-14)17-11-4-3-5-12-17/h1,6-9,16H,3-5,10-13H2. The van der Waals surface area contributed by atoms with E-state index >= 15 is 0 Å². The molecule has 1 heterocycles. The van der Waals surface area contributed by atoms with Crippen molar-refractivity contribution in [1.29, 1.82) is 0 Å². The Morgan fingerprint density at radius 2 is 1.82 bits per heavy atom. The van der Waals surface area contributed by atoms with Crippen LogP contribution in [0.15, 0.2) is 24.3 Å². The molecule has 0 amide bonds. The van der Waals surface area contributed by atoms with E-state index < -0.39 is 0 Å². The van der Waals surface area contributed by atoms with Crippen molar-refractivity contribution in [2.24, 2.45) is 0 Å². The lowest BCUT2D eigenvalue weighted by Crippen LogP contribution is -2.29. The van der Waals surface area contributed by atoms with Gasteiger partial charge in [0.15, 0.2) is 0 Å². The summed E-state index contributed by atoms with van der Waals surface area (Å²) in [6.07, 6.45) is 9.22. The molecule has 1 aromatic rings. The van der Waals surface area contributed by atoms with E-state index in [0.717, 1.165) is 6.54 Å². The summed E-state index contributed by atoms with van der Waals surface area (Å²) in [7, 11) is 0. The van der Waals surface area contributed by atoms with Crippen molar-refractivity contribution in [1.82, 2.24) is 5.32 Å². The molecule has 17 heavy (non-hydrogen) atoms. The zero-order valence-corrected chi connectivity index (χ0v) is 10.3. The van der Waals surface area contributed by atoms with Gasteiger partial charge in [0.2, 0.25) is 0 Å². The minimum Gasteiger partial charge on any atom is -0.372 e. The van der Waals surface area contributed by atoms with E-state index in [0.29, 0.717) is 6.54 Å². The summed E-state index contributed by atoms with van der Waals surface area (Å²) in [6, 6.07) is 8.82. The Labute approximate surface area is 104 Å². The Balaban J connectivity index is 1.90. The maximum Gasteiger partial charge on any atom is 0.0576 e. The molecular weight excluding hydrogens is 208 g/mol. The molecule has 1 aliphatic rings. The third-order valence-corrected chi connectivity index (χ3v) is 3.21. The zero-order valence-electron chi connectivity index (χ0n) is 10.3. The highest BCUT2D eigenvalue weighted by Crippen LogP contribution is 2.20. The summed E-state index contributed by atoms with van der Waals surface area (Å²) in [5.41, 5.74) is 2.64. The molecular formula is C15H20N2. The number of benzene rings is 1. The van der Waals surface area contributed by atoms with Crippen LogP contribution >= 0.6 is 0 Å². The average molecular weight is 228 g/mol. The molecule has 2 heteroatoms. The molecule has 1 N–H and O–H groups in total. The number of nitrogens with one attached hydrogen (secondary N) is 1. The molecule has 1 aromatic carbocycles. The quantitative estimate of drug-likeness (QED) is 0.629. The Kier molecular flexibility index (Phi) is 4.46. The maximum atomic E-state index is 5.20. The molecule has 0 aliphatic carbocycles. The van der Waals surface area contributed by atoms with Gasteiger partial charge in [-0.2, -0.15) is 0 Å². The number of rotatable bonds is 4. The van der Waals surface area contributed by atoms with Gasteiger partial charge < -0.3 is 10.2 Å². The number of terminal acetylenes is 1. The van der Waals surface area contributed by atoms with Crippen molar-refractivity contribution in [2.45, 2.75) is 25.8 Å². The van der Waals surface area contributed by atoms with Gasteiger partial charge in [-0.05, 0) is 37.0 Å². The lowest BCUT2D eigenvalue weighted by Gasteiger charge is -2.28. The fourth-order valence-corrected chi connectivity index (χ4v) is 2.26. The van der Waals surface area contributed by atoms with E-state index in [1.165, 1.54) is 43.6 Å². The van der Waals surface area contributed by atoms with E-state index in [9.17, 15) is 0 Å². The molecule has 0 radical (unpaired) electrons. The molecule has 0 spiro atoms. The average Bonchev–Trinajstić information content (AvgIpc) is 2.41. The van der Waals surface area contributed by atoms with Gasteiger partial charge in [-0.15, -0.1) is 6.42 Å². The summed E-state index contributed by atoms with van der Waals surface area (Å²) in [6.45, 7) is 3.89. The molecule has 0 unspecified atom stereocenters. The molecule has 0 aromatic heterocycles. The summed E-state index contributed by atoms with van der Waals surface area (Å²) in [4.78, 5) is 2.47. The molecule has 0 saturated carbocycles. The number of anilines is 1. The first kappa shape index (κ1) is 12.0. The minimum absolute atomic E-state index is 0.633. The molecule has 1 saturated heterocycles. The van der Waals surface area contributed by atoms with E-state index in [2.05, 4.69) is 40.4 Å². The predicted octanol–water partition coefficient (Wildman–Crippen LogP) is 2.40. The fraction of sp³-hybridized carbons (Fsp3) is 0.467. The molecule has 1 aliphatic heterocycles. The molecule has 0 atom stereocenters. The van der Waals surface area contributed by atoms with Crippen LogP contribution in [0.2, 0.25) is 0 Å². The first-order valence-electron chi connectivity index (χ1n) is 6.38. The van der Waals surface area contributed by atoms with Gasteiger partial charge in [0.05, 0.1) is 6.54 Å². The second kappa shape index (κ2) is 6.32. The van der Waals surface area contributed by atoms with Crippen LogP contribution in [0.4, 0.5) is 5.69 Å². The normalized spacial score (nSPS) is 15.6. The number of hydrogen-bond donors (Lipinski definition) is 1. The second-order valence-electron chi connectivity index (χ2n) is 4.52. The summed E-state index contributed by atoms with van der Waals surface area (Å²) < 4.78 is 0. The third kappa shape index (κ3) is 3.51. The predicted molar refractivity (Wildman–Crippen MR) is 73.0 cm³/mol. The van der Waals surface area contributed by atoms with Gasteiger partial charge in [-0.1, -0.05) is 18.1 Å². The highest BCUT2D eigenvalue weighted by molar-refractivity contribution is 5.47. The SMILES string of the molecule is C#CCNCc1ccc(N2CCCCC2)cc1. The Morgan fingerprint density at radius 1 is 1.12 bits per heavy atom. The van der Waals surface area contributed by atoms with Crippen LogP contribution in [-0.2, 0) is 6.54 Å². The van der Waals surface area contributed by atoms with Gasteiger partial charge in [-0.3, -0.25) is 0 Å². The number of nitrogens with zero attached hydrogens (tertiary/aromatic N) is 1. The van der Waals surface area contributed by atoms with Crippen LogP contribution in [0.5, 0.6) is 0 Å². The van der Waals surface area contributed by atoms with E-state index in [1.807, 2.05) is 0 Å². The molecule has 0 bridgehead atoms. The van der Waals surface area contributed by atoms with Gasteiger partial charge in [0.1, 0.15) is 0 Å². The van der Waals surface area contributed by atoms with E-state index in [4.69, 9.17) is 6.42 Å². The van der Waals surface area contributed by atoms with Crippen molar-refractivity contribution in [3.05, 3.63) is 29.8 Å². The molecule has 2 rings (SSSR count). The lowest BCUT2D eigenvalue weighted by molar-refractivity contribution is 0.578. The highest BCUT2D eigenvalue weighted by Gasteiger charge is 2.10. The monoisotopic (exact) mass is 228 g/mol. The largest absolute Gasteiger partial charge is 0.372 e. The minimum atomic E-state index is 0.633. The van der Waals surface area contributed by atoms with Crippen LogP contribution in [0.25, 0.3) is 0 Å². The maximum absolute atomic E-state index is 5.20. The van der Waals surface area contributed by atoms with Crippen LogP contribution < -0.4 is 10.2 Å². The van der Waals surface area contributed by atoms with Gasteiger partial charge >= 0.3 is 0 Å². The van der Waals surface area contributed by atoms with Gasteiger partial charge in [0, 0.05) is 25.3 Å². The second-order valence-corrected chi connectivity index (χ2v) is 4.52. The zero-order chi connectivity index (χ0) is 11.9. The summed E-state index contributed by atoms with van der Waals surface area (Å²) in [5.74, 6) is 2.58. The Hall–Kier alpha value is -1.46. The van der Waals surface area contributed by atoms with Gasteiger partial charge in [0.25, 0.3) is 0 Å². The fourth-order valence-electron chi connectivity index (χ4n) is 2.26. The smallest absolute Gasteiger partial charge is 0.0576 e. The van der Waals surface area contributed by atoms with Crippen molar-refractivity contribution >= 4 is 5.69 Å². The topological polar surface area (TPSA) is 15.3 Å². The van der Waals surface area contributed by atoms with E-state index in [-0.39, 0.29) is 0 Å². The lowest BCUT2D eigenvalue weighted by atomic mass is 10.1. The van der Waals surface area contributed by atoms with Crippen molar-refractivity contribution < 1.29 is 0 Å². The third-order valence-electron chi connectivity index (χ3n) is 3.21. The molecule has 90 valence electrons. The van der Waals surface area contributed by atoms with Crippen molar-refractivity contribution in [3.63, 3.8) is 0 Å². The Morgan fingerprint density at radius 3 is 2.47 bits per heavy atom. The summed E-state index contributed by atoms with van der Waals surface area (Å²) in [5, 5.41) is 3.20. The highest BCUT2D eigenvalue weighted by atomic mass is 15.1. The van der Waals surface area contributed by atoms with Crippen LogP contribution in [-0.4, -0.2) is 19.6 Å². The molecule has 1 fully saturated rings. The van der Waals surface area contributed by atoms with Crippen molar-refractivity contribution in [2.75, 3.05) is 24.5 Å². The van der Waals surface area contributed by atoms with Crippen LogP contribution in [0.3, 0.4) is 0 Å².